The van der Waals surface area contributed by atoms with Crippen molar-refractivity contribution in [2.45, 2.75) is 55.9 Å². The van der Waals surface area contributed by atoms with E-state index in [9.17, 15) is 30.3 Å². The van der Waals surface area contributed by atoms with Gasteiger partial charge in [0.2, 0.25) is 6.29 Å². The van der Waals surface area contributed by atoms with Crippen LogP contribution in [0.25, 0.3) is 10.9 Å². The second kappa shape index (κ2) is 9.12. The van der Waals surface area contributed by atoms with Crippen LogP contribution in [0, 0.1) is 11.8 Å². The van der Waals surface area contributed by atoms with E-state index in [0.29, 0.717) is 19.4 Å². The minimum absolute atomic E-state index is 0.148. The highest BCUT2D eigenvalue weighted by Crippen LogP contribution is 2.49. The maximum atomic E-state index is 13.6. The molecular formula is C26H30N2O9. The highest BCUT2D eigenvalue weighted by molar-refractivity contribution is 5.96. The van der Waals surface area contributed by atoms with Crippen molar-refractivity contribution in [1.82, 2.24) is 9.88 Å². The van der Waals surface area contributed by atoms with E-state index < -0.39 is 61.4 Å². The van der Waals surface area contributed by atoms with Gasteiger partial charge >= 0.3 is 0 Å². The molecular weight excluding hydrogens is 484 g/mol. The lowest BCUT2D eigenvalue weighted by molar-refractivity contribution is -0.345. The maximum Gasteiger partial charge on any atom is 0.288 e. The van der Waals surface area contributed by atoms with E-state index in [1.54, 1.807) is 11.0 Å². The summed E-state index contributed by atoms with van der Waals surface area (Å²) in [6, 6.07) is 7.76. The number of fused-ring (bicyclic) bond motifs is 6. The molecule has 9 atom stereocenters. The van der Waals surface area contributed by atoms with Gasteiger partial charge in [-0.3, -0.25) is 4.79 Å². The number of hydrogen-bond acceptors (Lipinski definition) is 9. The first-order valence-electron chi connectivity index (χ1n) is 12.4. The fraction of sp³-hybridized carbons (Fsp3) is 0.500. The Labute approximate surface area is 212 Å². The zero-order valence-electron chi connectivity index (χ0n) is 19.9. The maximum absolute atomic E-state index is 13.6. The van der Waals surface area contributed by atoms with E-state index in [2.05, 4.69) is 17.6 Å². The van der Waals surface area contributed by atoms with Gasteiger partial charge in [0.25, 0.3) is 11.9 Å². The van der Waals surface area contributed by atoms with Crippen molar-refractivity contribution in [2.75, 3.05) is 13.2 Å². The molecule has 1 aromatic heterocycles. The average Bonchev–Trinajstić information content (AvgIpc) is 3.28. The summed E-state index contributed by atoms with van der Waals surface area (Å²) in [5, 5.41) is 52.0. The summed E-state index contributed by atoms with van der Waals surface area (Å²) in [5.41, 5.74) is 3.30. The van der Waals surface area contributed by atoms with Crippen molar-refractivity contribution in [1.29, 1.82) is 0 Å². The number of nitrogens with zero attached hydrogens (tertiary/aromatic N) is 1. The van der Waals surface area contributed by atoms with Crippen LogP contribution in [0.4, 0.5) is 0 Å². The lowest BCUT2D eigenvalue weighted by Crippen LogP contribution is -2.60. The molecule has 1 aromatic carbocycles. The number of aliphatic hydroxyl groups is 5. The molecule has 0 aliphatic carbocycles. The van der Waals surface area contributed by atoms with Gasteiger partial charge < -0.3 is 49.6 Å². The molecule has 0 radical (unpaired) electrons. The van der Waals surface area contributed by atoms with E-state index in [1.165, 1.54) is 5.56 Å². The number of aromatic amines is 1. The number of ether oxygens (including phenoxy) is 3. The highest BCUT2D eigenvalue weighted by atomic mass is 16.8. The number of amides is 1. The Morgan fingerprint density at radius 1 is 1.16 bits per heavy atom. The quantitative estimate of drug-likeness (QED) is 0.316. The second-order valence-corrected chi connectivity index (χ2v) is 10.0. The van der Waals surface area contributed by atoms with Crippen LogP contribution in [-0.2, 0) is 25.4 Å². The van der Waals surface area contributed by atoms with Crippen LogP contribution in [0.15, 0.2) is 48.4 Å². The molecule has 11 nitrogen and oxygen atoms in total. The summed E-state index contributed by atoms with van der Waals surface area (Å²) >= 11 is 0. The number of rotatable bonds is 4. The van der Waals surface area contributed by atoms with Gasteiger partial charge in [0.1, 0.15) is 30.0 Å². The van der Waals surface area contributed by atoms with Gasteiger partial charge in [-0.1, -0.05) is 24.3 Å². The molecule has 4 aliphatic heterocycles. The number of para-hydroxylation sites is 1. The summed E-state index contributed by atoms with van der Waals surface area (Å²) in [4.78, 5) is 18.8. The van der Waals surface area contributed by atoms with Crippen molar-refractivity contribution in [2.24, 2.45) is 11.8 Å². The summed E-state index contributed by atoms with van der Waals surface area (Å²) in [6.07, 6.45) is -5.93. The second-order valence-electron chi connectivity index (χ2n) is 10.0. The molecule has 2 aromatic rings. The lowest BCUT2D eigenvalue weighted by atomic mass is 9.74. The number of aliphatic hydroxyl groups excluding tert-OH is 5. The van der Waals surface area contributed by atoms with Crippen LogP contribution in [0.2, 0.25) is 0 Å². The van der Waals surface area contributed by atoms with E-state index in [1.807, 2.05) is 18.2 Å². The molecule has 0 unspecified atom stereocenters. The van der Waals surface area contributed by atoms with Crippen molar-refractivity contribution in [3.8, 4) is 0 Å². The molecule has 4 aliphatic rings. The molecule has 5 heterocycles. The van der Waals surface area contributed by atoms with Gasteiger partial charge in [-0.05, 0) is 24.5 Å². The standard InChI is InChI=1S/C26H30N2O9/c1-2-11-14-9-16-19-13(12-5-3-4-6-15(12)27-19)7-8-28(16)23(33)18(14)24(34)36-25(11)37-26-22(32)21(31)20(30)17(10-29)35-26/h2-6,11,14,16-17,20-22,25-27,29-32,34H,1,7-10H2/t11-,14+,16+,17-,20-,21+,22-,25+,26+/m1/s1. The predicted molar refractivity (Wildman–Crippen MR) is 128 cm³/mol. The number of carbonyl (C=O) groups excluding carboxylic acids is 1. The third kappa shape index (κ3) is 3.69. The number of hydrogen-bond donors (Lipinski definition) is 6. The highest BCUT2D eigenvalue weighted by Gasteiger charge is 2.53. The van der Waals surface area contributed by atoms with Crippen LogP contribution in [0.1, 0.15) is 23.7 Å². The number of nitrogens with one attached hydrogen (secondary N) is 1. The molecule has 0 spiro atoms. The Balaban J connectivity index is 1.32. The molecule has 2 fully saturated rings. The topological polar surface area (TPSA) is 165 Å². The molecule has 2 saturated heterocycles. The average molecular weight is 515 g/mol. The fourth-order valence-corrected chi connectivity index (χ4v) is 6.23. The number of benzene rings is 1. The van der Waals surface area contributed by atoms with Crippen molar-refractivity contribution < 1.29 is 44.5 Å². The molecule has 0 bridgehead atoms. The SMILES string of the molecule is C=C[C@H]1[C@H](O[C@@H]2O[C@H](CO)[C@@H](O)[C@H](O)[C@H]2O)OC(O)=C2C(=O)N3CCc4c([nH]c5ccccc45)[C@@H]3C[C@H]21. The number of piperidine rings is 1. The van der Waals surface area contributed by atoms with E-state index in [4.69, 9.17) is 14.2 Å². The van der Waals surface area contributed by atoms with E-state index in [0.717, 1.165) is 16.6 Å². The van der Waals surface area contributed by atoms with Gasteiger partial charge in [-0.2, -0.15) is 0 Å². The smallest absolute Gasteiger partial charge is 0.288 e. The van der Waals surface area contributed by atoms with Gasteiger partial charge in [0.15, 0.2) is 6.29 Å². The van der Waals surface area contributed by atoms with Gasteiger partial charge in [-0.15, -0.1) is 6.58 Å². The Morgan fingerprint density at radius 2 is 1.95 bits per heavy atom. The largest absolute Gasteiger partial charge is 0.481 e. The molecule has 1 amide bonds. The number of H-pyrrole nitrogens is 1. The normalized spacial score (nSPS) is 37.6. The number of aromatic nitrogens is 1. The minimum atomic E-state index is -1.64. The minimum Gasteiger partial charge on any atom is -0.481 e. The van der Waals surface area contributed by atoms with Gasteiger partial charge in [0, 0.05) is 35.0 Å². The molecule has 198 valence electrons. The van der Waals surface area contributed by atoms with Crippen LogP contribution < -0.4 is 0 Å². The molecule has 37 heavy (non-hydrogen) atoms. The Morgan fingerprint density at radius 3 is 2.70 bits per heavy atom. The van der Waals surface area contributed by atoms with E-state index in [-0.39, 0.29) is 17.5 Å². The summed E-state index contributed by atoms with van der Waals surface area (Å²) in [7, 11) is 0. The van der Waals surface area contributed by atoms with Gasteiger partial charge in [0.05, 0.1) is 12.6 Å². The van der Waals surface area contributed by atoms with Crippen LogP contribution in [0.5, 0.6) is 0 Å². The van der Waals surface area contributed by atoms with Crippen molar-refractivity contribution in [3.63, 3.8) is 0 Å². The molecule has 11 heteroatoms. The van der Waals surface area contributed by atoms with Crippen molar-refractivity contribution >= 4 is 16.8 Å². The van der Waals surface area contributed by atoms with Crippen LogP contribution in [0.3, 0.4) is 0 Å². The fourth-order valence-electron chi connectivity index (χ4n) is 6.23. The summed E-state index contributed by atoms with van der Waals surface area (Å²) in [5.74, 6) is -2.00. The van der Waals surface area contributed by atoms with Crippen molar-refractivity contribution in [3.05, 3.63) is 59.7 Å². The summed E-state index contributed by atoms with van der Waals surface area (Å²) in [6.45, 7) is 3.79. The Bertz CT molecular complexity index is 1260. The Kier molecular flexibility index (Phi) is 6.02. The first-order valence-corrected chi connectivity index (χ1v) is 12.4. The first kappa shape index (κ1) is 24.4. The zero-order chi connectivity index (χ0) is 26.0. The lowest BCUT2D eigenvalue weighted by Gasteiger charge is -2.48. The zero-order valence-corrected chi connectivity index (χ0v) is 19.9. The summed E-state index contributed by atoms with van der Waals surface area (Å²) < 4.78 is 16.9. The van der Waals surface area contributed by atoms with Crippen LogP contribution >= 0.6 is 0 Å². The third-order valence-corrected chi connectivity index (χ3v) is 8.12. The Hall–Kier alpha value is -2.93. The predicted octanol–water partition coefficient (Wildman–Crippen LogP) is 0.358. The first-order chi connectivity index (χ1) is 17.8. The van der Waals surface area contributed by atoms with E-state index >= 15 is 0 Å². The molecule has 6 N–H and O–H groups in total. The van der Waals surface area contributed by atoms with Crippen LogP contribution in [-0.4, -0.2) is 91.5 Å². The monoisotopic (exact) mass is 514 g/mol. The van der Waals surface area contributed by atoms with Gasteiger partial charge in [-0.25, -0.2) is 0 Å². The number of carbonyl (C=O) groups is 1. The molecule has 0 saturated carbocycles. The molecule has 6 rings (SSSR count). The third-order valence-electron chi connectivity index (χ3n) is 8.12.